The number of fused-ring (bicyclic) bond motifs is 6. The Kier molecular flexibility index (Phi) is 9.29. The quantitative estimate of drug-likeness (QED) is 0.148. The van der Waals surface area contributed by atoms with Crippen LogP contribution in [0.25, 0.3) is 54.2 Å². The molecular formula is C52H42Cl2Zr. The van der Waals surface area contributed by atoms with E-state index in [2.05, 4.69) is 172 Å². The van der Waals surface area contributed by atoms with Gasteiger partial charge in [-0.1, -0.05) is 0 Å². The van der Waals surface area contributed by atoms with Crippen molar-refractivity contribution in [3.63, 3.8) is 0 Å². The van der Waals surface area contributed by atoms with E-state index in [0.717, 1.165) is 12.8 Å². The molecule has 1 aliphatic heterocycles. The first-order chi connectivity index (χ1) is 26.2. The number of hydrogen-bond donors (Lipinski definition) is 0. The summed E-state index contributed by atoms with van der Waals surface area (Å²) in [5.74, 6) is 0. The van der Waals surface area contributed by atoms with E-state index >= 15 is 0 Å². The zero-order valence-corrected chi connectivity index (χ0v) is 35.2. The van der Waals surface area contributed by atoms with Crippen molar-refractivity contribution in [2.24, 2.45) is 0 Å². The fraction of sp³-hybridized carbons (Fsp3) is 0.154. The molecule has 1 fully saturated rings. The number of hydrogen-bond acceptors (Lipinski definition) is 0. The van der Waals surface area contributed by atoms with Gasteiger partial charge in [-0.15, -0.1) is 0 Å². The van der Waals surface area contributed by atoms with E-state index in [1.807, 2.05) is 0 Å². The molecule has 2 aliphatic carbocycles. The Morgan fingerprint density at radius 2 is 0.745 bits per heavy atom. The van der Waals surface area contributed by atoms with Gasteiger partial charge in [-0.05, 0) is 0 Å². The van der Waals surface area contributed by atoms with E-state index in [-0.39, 0.29) is 24.8 Å². The summed E-state index contributed by atoms with van der Waals surface area (Å²) >= 11 is -3.01. The van der Waals surface area contributed by atoms with Gasteiger partial charge in [-0.2, -0.15) is 0 Å². The molecule has 0 aromatic heterocycles. The monoisotopic (exact) mass is 826 g/mol. The molecule has 0 nitrogen and oxygen atoms in total. The second kappa shape index (κ2) is 14.0. The van der Waals surface area contributed by atoms with Crippen LogP contribution in [0, 0.1) is 0 Å². The summed E-state index contributed by atoms with van der Waals surface area (Å²) in [6.45, 7) is 4.89. The minimum absolute atomic E-state index is 0. The molecule has 268 valence electrons. The van der Waals surface area contributed by atoms with Crippen LogP contribution in [0.3, 0.4) is 0 Å². The van der Waals surface area contributed by atoms with E-state index in [1.54, 1.807) is 22.3 Å². The Morgan fingerprint density at radius 3 is 1.15 bits per heavy atom. The van der Waals surface area contributed by atoms with Crippen LogP contribution < -0.4 is 24.8 Å². The minimum atomic E-state index is -3.01. The summed E-state index contributed by atoms with van der Waals surface area (Å²) in [5.41, 5.74) is 15.6. The zero-order valence-electron chi connectivity index (χ0n) is 31.3. The van der Waals surface area contributed by atoms with E-state index in [0.29, 0.717) is 7.25 Å². The third kappa shape index (κ3) is 5.41. The maximum atomic E-state index is 2.52. The zero-order chi connectivity index (χ0) is 35.3. The number of benzene rings is 8. The SMILES string of the molecule is CCC1=C(c2cccc3cc4ccccc4cc23)c2ccccc2[CH]1[Zr+2]1([CH]2C(CC)=C(c3cccc4cc5ccccc5cc34)c3ccccc32)[CH2][CH2]1.[Cl-].[Cl-]. The topological polar surface area (TPSA) is 0 Å². The molecule has 8 aromatic rings. The van der Waals surface area contributed by atoms with E-state index < -0.39 is 20.3 Å². The smallest absolute Gasteiger partial charge is 1.00 e. The van der Waals surface area contributed by atoms with Crippen LogP contribution in [-0.2, 0) is 20.3 Å². The summed E-state index contributed by atoms with van der Waals surface area (Å²) in [5, 5.41) is 10.7. The molecule has 0 saturated carbocycles. The molecule has 0 radical (unpaired) electrons. The molecule has 1 saturated heterocycles. The third-order valence-corrected chi connectivity index (χ3v) is 26.2. The van der Waals surface area contributed by atoms with Crippen LogP contribution in [0.5, 0.6) is 0 Å². The molecular weight excluding hydrogens is 787 g/mol. The van der Waals surface area contributed by atoms with Crippen LogP contribution in [0.2, 0.25) is 8.26 Å². The summed E-state index contributed by atoms with van der Waals surface area (Å²) in [6.07, 6.45) is 2.19. The van der Waals surface area contributed by atoms with Crippen molar-refractivity contribution in [3.05, 3.63) is 202 Å². The van der Waals surface area contributed by atoms with E-state index in [1.165, 1.54) is 84.7 Å². The first-order valence-electron chi connectivity index (χ1n) is 19.7. The predicted octanol–water partition coefficient (Wildman–Crippen LogP) is 8.54. The molecule has 0 bridgehead atoms. The van der Waals surface area contributed by atoms with Gasteiger partial charge in [0.25, 0.3) is 0 Å². The van der Waals surface area contributed by atoms with Crippen LogP contribution in [-0.4, -0.2) is 0 Å². The van der Waals surface area contributed by atoms with Gasteiger partial charge in [0.2, 0.25) is 0 Å². The normalized spacial score (nSPS) is 17.5. The Labute approximate surface area is 341 Å². The molecule has 3 heteroatoms. The largest absolute Gasteiger partial charge is 1.00 e. The van der Waals surface area contributed by atoms with Crippen molar-refractivity contribution in [1.29, 1.82) is 0 Å². The maximum absolute atomic E-state index is 3.01. The molecule has 2 atom stereocenters. The molecule has 11 rings (SSSR count). The Morgan fingerprint density at radius 1 is 0.400 bits per heavy atom. The molecule has 3 aliphatic rings. The van der Waals surface area contributed by atoms with Gasteiger partial charge in [0.1, 0.15) is 0 Å². The van der Waals surface area contributed by atoms with Crippen LogP contribution in [0.15, 0.2) is 169 Å². The summed E-state index contributed by atoms with van der Waals surface area (Å²) in [7, 11) is 0. The van der Waals surface area contributed by atoms with Crippen molar-refractivity contribution < 1.29 is 45.1 Å². The van der Waals surface area contributed by atoms with Gasteiger partial charge in [-0.25, -0.2) is 0 Å². The molecule has 1 heterocycles. The van der Waals surface area contributed by atoms with Gasteiger partial charge in [0.05, 0.1) is 0 Å². The molecule has 8 aromatic carbocycles. The van der Waals surface area contributed by atoms with Gasteiger partial charge >= 0.3 is 319 Å². The van der Waals surface area contributed by atoms with Crippen molar-refractivity contribution in [2.75, 3.05) is 0 Å². The van der Waals surface area contributed by atoms with Gasteiger partial charge < -0.3 is 24.8 Å². The Balaban J connectivity index is 0.00000198. The second-order valence-electron chi connectivity index (χ2n) is 15.7. The van der Waals surface area contributed by atoms with Gasteiger partial charge in [0, 0.05) is 0 Å². The fourth-order valence-corrected chi connectivity index (χ4v) is 28.9. The third-order valence-electron chi connectivity index (χ3n) is 13.2. The number of allylic oxidation sites excluding steroid dienone is 2. The fourth-order valence-electron chi connectivity index (χ4n) is 10.9. The van der Waals surface area contributed by atoms with E-state index in [9.17, 15) is 0 Å². The summed E-state index contributed by atoms with van der Waals surface area (Å²) in [6, 6.07) is 60.6. The van der Waals surface area contributed by atoms with Crippen molar-refractivity contribution in [1.82, 2.24) is 0 Å². The molecule has 2 unspecified atom stereocenters. The Bertz CT molecular complexity index is 2700. The predicted molar refractivity (Wildman–Crippen MR) is 224 cm³/mol. The molecule has 0 amide bonds. The van der Waals surface area contributed by atoms with Gasteiger partial charge in [0.15, 0.2) is 0 Å². The Hall–Kier alpha value is -4.26. The molecule has 0 N–H and O–H groups in total. The van der Waals surface area contributed by atoms with Crippen LogP contribution in [0.1, 0.15) is 67.3 Å². The first kappa shape index (κ1) is 36.4. The van der Waals surface area contributed by atoms with E-state index in [4.69, 9.17) is 0 Å². The second-order valence-corrected chi connectivity index (χ2v) is 27.1. The van der Waals surface area contributed by atoms with Crippen LogP contribution >= 0.6 is 0 Å². The first-order valence-corrected chi connectivity index (χ1v) is 26.0. The summed E-state index contributed by atoms with van der Waals surface area (Å²) < 4.78 is 4.10. The van der Waals surface area contributed by atoms with Crippen molar-refractivity contribution in [3.8, 4) is 0 Å². The molecule has 55 heavy (non-hydrogen) atoms. The maximum Gasteiger partial charge on any atom is -1.00 e. The average molecular weight is 829 g/mol. The standard InChI is InChI=1S/2C25H19.C2H4.2ClH.Zr/c2*1-2-17-14-20-10-5-6-12-22(20)25(17)23-13-7-11-21-15-18-8-3-4-9-19(18)16-24(21)23;1-2;;;/h2*3-16H,2H2,1H3;1-2H2;2*1H;/q;;;;;+2/p-2. The van der Waals surface area contributed by atoms with Crippen molar-refractivity contribution in [2.45, 2.75) is 42.2 Å². The van der Waals surface area contributed by atoms with Crippen LogP contribution in [0.4, 0.5) is 0 Å². The van der Waals surface area contributed by atoms with Crippen molar-refractivity contribution >= 4 is 54.2 Å². The molecule has 0 spiro atoms. The number of halogens is 2. The minimum Gasteiger partial charge on any atom is -1.00 e. The van der Waals surface area contributed by atoms with Gasteiger partial charge in [-0.3, -0.25) is 0 Å². The average Bonchev–Trinajstić information content (AvgIpc) is 3.82. The summed E-state index contributed by atoms with van der Waals surface area (Å²) in [4.78, 5) is 0. The number of rotatable bonds is 6.